The maximum atomic E-state index is 12.2. The zero-order valence-electron chi connectivity index (χ0n) is 10.9. The topological polar surface area (TPSA) is 59.0 Å². The summed E-state index contributed by atoms with van der Waals surface area (Å²) in [5.41, 5.74) is 1.20. The third kappa shape index (κ3) is 1.61. The van der Waals surface area contributed by atoms with Crippen LogP contribution in [-0.2, 0) is 11.3 Å². The van der Waals surface area contributed by atoms with E-state index in [4.69, 9.17) is 0 Å². The van der Waals surface area contributed by atoms with E-state index < -0.39 is 5.54 Å². The lowest BCUT2D eigenvalue weighted by atomic mass is 9.90. The van der Waals surface area contributed by atoms with Crippen molar-refractivity contribution >= 4 is 17.4 Å². The summed E-state index contributed by atoms with van der Waals surface area (Å²) in [6.45, 7) is 8.81. The summed E-state index contributed by atoms with van der Waals surface area (Å²) in [5, 5.41) is 10.8. The van der Waals surface area contributed by atoms with Gasteiger partial charge < -0.3 is 10.6 Å². The van der Waals surface area contributed by atoms with Crippen LogP contribution in [0.4, 0.5) is 11.5 Å². The van der Waals surface area contributed by atoms with Crippen molar-refractivity contribution in [2.45, 2.75) is 52.6 Å². The zero-order valence-corrected chi connectivity index (χ0v) is 10.9. The van der Waals surface area contributed by atoms with Gasteiger partial charge in [0.1, 0.15) is 17.0 Å². The van der Waals surface area contributed by atoms with Crippen LogP contribution in [0.1, 0.15) is 39.3 Å². The number of nitrogens with zero attached hydrogens (tertiary/aromatic N) is 2. The van der Waals surface area contributed by atoms with Gasteiger partial charge in [0.05, 0.1) is 5.69 Å². The van der Waals surface area contributed by atoms with Crippen molar-refractivity contribution in [2.24, 2.45) is 0 Å². The zero-order chi connectivity index (χ0) is 12.6. The fourth-order valence-corrected chi connectivity index (χ4v) is 2.35. The van der Waals surface area contributed by atoms with Crippen LogP contribution in [0.2, 0.25) is 0 Å². The minimum atomic E-state index is -0.494. The molecule has 0 radical (unpaired) electrons. The average molecular weight is 236 g/mol. The van der Waals surface area contributed by atoms with Gasteiger partial charge in [-0.3, -0.25) is 4.79 Å². The fourth-order valence-electron chi connectivity index (χ4n) is 2.35. The van der Waals surface area contributed by atoms with Gasteiger partial charge in [-0.25, -0.2) is 4.68 Å². The molecule has 0 aliphatic carbocycles. The number of carbonyl (C=O) groups is 1. The molecule has 2 rings (SSSR count). The van der Waals surface area contributed by atoms with E-state index in [0.717, 1.165) is 36.6 Å². The molecule has 5 heteroatoms. The van der Waals surface area contributed by atoms with E-state index in [1.54, 1.807) is 0 Å². The van der Waals surface area contributed by atoms with E-state index in [9.17, 15) is 4.79 Å². The minimum Gasteiger partial charge on any atom is -0.354 e. The Labute approximate surface area is 102 Å². The summed E-state index contributed by atoms with van der Waals surface area (Å²) in [7, 11) is 0. The first-order valence-corrected chi connectivity index (χ1v) is 6.25. The number of hydrogen-bond acceptors (Lipinski definition) is 3. The number of amides is 1. The van der Waals surface area contributed by atoms with Gasteiger partial charge >= 0.3 is 0 Å². The monoisotopic (exact) mass is 236 g/mol. The largest absolute Gasteiger partial charge is 0.354 e. The molecule has 1 amide bonds. The Balaban J connectivity index is 2.49. The number of carbonyl (C=O) groups excluding carboxylic acids is 1. The first kappa shape index (κ1) is 12.0. The highest BCUT2D eigenvalue weighted by molar-refractivity contribution is 6.06. The van der Waals surface area contributed by atoms with Crippen molar-refractivity contribution in [3.63, 3.8) is 0 Å². The third-order valence-corrected chi connectivity index (χ3v) is 3.66. The van der Waals surface area contributed by atoms with Crippen LogP contribution in [-0.4, -0.2) is 21.2 Å². The molecule has 0 spiro atoms. The summed E-state index contributed by atoms with van der Waals surface area (Å²) >= 11 is 0. The molecule has 17 heavy (non-hydrogen) atoms. The molecule has 0 bridgehead atoms. The van der Waals surface area contributed by atoms with Crippen LogP contribution >= 0.6 is 0 Å². The number of anilines is 2. The van der Waals surface area contributed by atoms with Crippen molar-refractivity contribution in [1.29, 1.82) is 0 Å². The van der Waals surface area contributed by atoms with Crippen LogP contribution in [0.15, 0.2) is 0 Å². The molecule has 1 aliphatic rings. The number of hydrogen-bond donors (Lipinski definition) is 2. The summed E-state index contributed by atoms with van der Waals surface area (Å²) in [6, 6.07) is 0. The highest BCUT2D eigenvalue weighted by Gasteiger charge is 2.41. The lowest BCUT2D eigenvalue weighted by molar-refractivity contribution is -0.120. The normalized spacial score (nSPS) is 17.3. The van der Waals surface area contributed by atoms with Crippen molar-refractivity contribution < 1.29 is 4.79 Å². The average Bonchev–Trinajstić information content (AvgIpc) is 2.64. The van der Waals surface area contributed by atoms with Crippen molar-refractivity contribution in [3.8, 4) is 0 Å². The first-order chi connectivity index (χ1) is 8.07. The van der Waals surface area contributed by atoms with Gasteiger partial charge in [-0.2, -0.15) is 5.10 Å². The molecule has 94 valence electrons. The van der Waals surface area contributed by atoms with Gasteiger partial charge in [-0.1, -0.05) is 13.8 Å². The number of aromatic nitrogens is 2. The number of nitrogens with one attached hydrogen (secondary N) is 2. The van der Waals surface area contributed by atoms with Crippen LogP contribution in [0, 0.1) is 6.92 Å². The molecule has 0 fully saturated rings. The highest BCUT2D eigenvalue weighted by atomic mass is 16.2. The Hall–Kier alpha value is -1.52. The summed E-state index contributed by atoms with van der Waals surface area (Å²) < 4.78 is 1.91. The second kappa shape index (κ2) is 4.05. The van der Waals surface area contributed by atoms with Gasteiger partial charge in [0.25, 0.3) is 0 Å². The second-order valence-electron chi connectivity index (χ2n) is 4.49. The van der Waals surface area contributed by atoms with E-state index in [1.807, 2.05) is 32.4 Å². The summed E-state index contributed by atoms with van der Waals surface area (Å²) in [5.74, 6) is 0.988. The van der Waals surface area contributed by atoms with E-state index in [-0.39, 0.29) is 5.91 Å². The maximum absolute atomic E-state index is 12.2. The smallest absolute Gasteiger partial charge is 0.250 e. The number of aryl methyl sites for hydroxylation is 2. The standard InChI is InChI=1S/C12H20N4O/c1-5-12(6-2)11(17)13-9-8(4)15-16(7-3)10(9)14-12/h14H,5-7H2,1-4H3,(H,13,17). The molecular formula is C12H20N4O. The predicted molar refractivity (Wildman–Crippen MR) is 68.2 cm³/mol. The third-order valence-electron chi connectivity index (χ3n) is 3.66. The molecule has 2 N–H and O–H groups in total. The van der Waals surface area contributed by atoms with Gasteiger partial charge in [0.15, 0.2) is 0 Å². The van der Waals surface area contributed by atoms with E-state index in [1.165, 1.54) is 0 Å². The Morgan fingerprint density at radius 3 is 2.47 bits per heavy atom. The van der Waals surface area contributed by atoms with E-state index in [0.29, 0.717) is 0 Å². The molecular weight excluding hydrogens is 216 g/mol. The van der Waals surface area contributed by atoms with Gasteiger partial charge in [0.2, 0.25) is 5.91 Å². The van der Waals surface area contributed by atoms with Gasteiger partial charge in [-0.15, -0.1) is 0 Å². The molecule has 0 unspecified atom stereocenters. The summed E-state index contributed by atoms with van der Waals surface area (Å²) in [6.07, 6.45) is 1.53. The van der Waals surface area contributed by atoms with Crippen molar-refractivity contribution in [1.82, 2.24) is 9.78 Å². The second-order valence-corrected chi connectivity index (χ2v) is 4.49. The molecule has 2 heterocycles. The molecule has 0 atom stereocenters. The predicted octanol–water partition coefficient (Wildman–Crippen LogP) is 2.13. The lowest BCUT2D eigenvalue weighted by Gasteiger charge is -2.36. The molecule has 0 saturated heterocycles. The van der Waals surface area contributed by atoms with Crippen molar-refractivity contribution in [2.75, 3.05) is 10.6 Å². The van der Waals surface area contributed by atoms with Crippen LogP contribution in [0.5, 0.6) is 0 Å². The molecule has 5 nitrogen and oxygen atoms in total. The van der Waals surface area contributed by atoms with Crippen LogP contribution in [0.25, 0.3) is 0 Å². The lowest BCUT2D eigenvalue weighted by Crippen LogP contribution is -2.52. The fraction of sp³-hybridized carbons (Fsp3) is 0.667. The SMILES string of the molecule is CCn1nc(C)c2c1NC(CC)(CC)C(=O)N2. The Morgan fingerprint density at radius 1 is 1.29 bits per heavy atom. The Kier molecular flexibility index (Phi) is 2.85. The van der Waals surface area contributed by atoms with Gasteiger partial charge in [0, 0.05) is 6.54 Å². The number of fused-ring (bicyclic) bond motifs is 1. The van der Waals surface area contributed by atoms with Gasteiger partial charge in [-0.05, 0) is 26.7 Å². The van der Waals surface area contributed by atoms with E-state index >= 15 is 0 Å². The molecule has 1 aromatic heterocycles. The quantitative estimate of drug-likeness (QED) is 0.845. The highest BCUT2D eigenvalue weighted by Crippen LogP contribution is 2.36. The van der Waals surface area contributed by atoms with Crippen molar-refractivity contribution in [3.05, 3.63) is 5.69 Å². The van der Waals surface area contributed by atoms with Crippen LogP contribution in [0.3, 0.4) is 0 Å². The van der Waals surface area contributed by atoms with E-state index in [2.05, 4.69) is 15.7 Å². The first-order valence-electron chi connectivity index (χ1n) is 6.25. The molecule has 1 aliphatic heterocycles. The number of rotatable bonds is 3. The molecule has 0 aromatic carbocycles. The van der Waals surface area contributed by atoms with Crippen LogP contribution < -0.4 is 10.6 Å². The Bertz CT molecular complexity index is 446. The summed E-state index contributed by atoms with van der Waals surface area (Å²) in [4.78, 5) is 12.2. The maximum Gasteiger partial charge on any atom is 0.250 e. The molecule has 1 aromatic rings. The Morgan fingerprint density at radius 2 is 1.94 bits per heavy atom. The molecule has 0 saturated carbocycles. The minimum absolute atomic E-state index is 0.0498.